The number of benzene rings is 2. The van der Waals surface area contributed by atoms with Crippen LogP contribution in [0.3, 0.4) is 0 Å². The van der Waals surface area contributed by atoms with Crippen LogP contribution in [-0.2, 0) is 11.3 Å². The van der Waals surface area contributed by atoms with Crippen molar-refractivity contribution in [2.75, 3.05) is 5.32 Å². The van der Waals surface area contributed by atoms with Crippen molar-refractivity contribution in [3.05, 3.63) is 82.0 Å². The van der Waals surface area contributed by atoms with Crippen molar-refractivity contribution in [1.29, 1.82) is 0 Å². The van der Waals surface area contributed by atoms with E-state index in [2.05, 4.69) is 15.6 Å². The lowest BCUT2D eigenvalue weighted by atomic mass is 10.2. The number of carbonyl (C=O) groups excluding carboxylic acids is 2. The summed E-state index contributed by atoms with van der Waals surface area (Å²) < 4.78 is 15.0. The average molecular weight is 420 g/mol. The zero-order chi connectivity index (χ0) is 22.0. The van der Waals surface area contributed by atoms with Crippen molar-refractivity contribution in [3.8, 4) is 11.4 Å². The summed E-state index contributed by atoms with van der Waals surface area (Å²) >= 11 is 0. The Kier molecular flexibility index (Phi) is 5.62. The number of halogens is 1. The summed E-state index contributed by atoms with van der Waals surface area (Å²) in [6.45, 7) is 1.24. The summed E-state index contributed by atoms with van der Waals surface area (Å²) in [4.78, 5) is 42.5. The first-order chi connectivity index (χ1) is 14.9. The maximum Gasteiger partial charge on any atom is 0.267 e. The second kappa shape index (κ2) is 8.51. The van der Waals surface area contributed by atoms with E-state index in [9.17, 15) is 18.8 Å². The van der Waals surface area contributed by atoms with Gasteiger partial charge in [-0.1, -0.05) is 36.4 Å². The van der Waals surface area contributed by atoms with E-state index < -0.39 is 23.2 Å². The van der Waals surface area contributed by atoms with Gasteiger partial charge < -0.3 is 10.6 Å². The number of rotatable bonds is 6. The molecule has 2 amide bonds. The van der Waals surface area contributed by atoms with Crippen molar-refractivity contribution in [1.82, 2.24) is 14.9 Å². The summed E-state index contributed by atoms with van der Waals surface area (Å²) in [5.41, 5.74) is 0.623. The molecule has 1 aliphatic rings. The summed E-state index contributed by atoms with van der Waals surface area (Å²) in [7, 11) is 0. The van der Waals surface area contributed by atoms with Crippen LogP contribution in [0.1, 0.15) is 28.8 Å². The molecule has 0 spiro atoms. The topological polar surface area (TPSA) is 93.1 Å². The number of anilines is 1. The van der Waals surface area contributed by atoms with Crippen molar-refractivity contribution in [3.63, 3.8) is 0 Å². The lowest BCUT2D eigenvalue weighted by molar-refractivity contribution is -0.116. The van der Waals surface area contributed by atoms with Gasteiger partial charge in [-0.25, -0.2) is 9.37 Å². The molecule has 0 atom stereocenters. The van der Waals surface area contributed by atoms with E-state index in [0.717, 1.165) is 17.4 Å². The summed E-state index contributed by atoms with van der Waals surface area (Å²) in [5.74, 6) is -1.22. The first kappa shape index (κ1) is 20.5. The zero-order valence-electron chi connectivity index (χ0n) is 16.9. The maximum atomic E-state index is 13.8. The second-order valence-corrected chi connectivity index (χ2v) is 7.51. The molecule has 1 saturated carbocycles. The number of aromatic nitrogens is 2. The predicted octanol–water partition coefficient (Wildman–Crippen LogP) is 2.89. The van der Waals surface area contributed by atoms with Crippen molar-refractivity contribution in [2.24, 2.45) is 0 Å². The third-order valence-electron chi connectivity index (χ3n) is 4.99. The van der Waals surface area contributed by atoms with Gasteiger partial charge in [0.05, 0.1) is 0 Å². The fourth-order valence-corrected chi connectivity index (χ4v) is 3.12. The van der Waals surface area contributed by atoms with Crippen LogP contribution in [-0.4, -0.2) is 27.4 Å². The smallest absolute Gasteiger partial charge is 0.267 e. The van der Waals surface area contributed by atoms with Crippen LogP contribution in [0.15, 0.2) is 59.5 Å². The van der Waals surface area contributed by atoms with Gasteiger partial charge in [0, 0.05) is 23.5 Å². The lowest BCUT2D eigenvalue weighted by Crippen LogP contribution is -2.37. The zero-order valence-corrected chi connectivity index (χ0v) is 16.9. The van der Waals surface area contributed by atoms with Crippen molar-refractivity contribution in [2.45, 2.75) is 32.4 Å². The van der Waals surface area contributed by atoms with Gasteiger partial charge in [0.1, 0.15) is 23.7 Å². The highest BCUT2D eigenvalue weighted by atomic mass is 19.1. The van der Waals surface area contributed by atoms with Gasteiger partial charge in [0.2, 0.25) is 5.91 Å². The molecule has 2 aromatic carbocycles. The Labute approximate surface area is 177 Å². The van der Waals surface area contributed by atoms with E-state index in [-0.39, 0.29) is 29.7 Å². The Morgan fingerprint density at radius 1 is 1.16 bits per heavy atom. The molecule has 1 aliphatic carbocycles. The molecule has 0 unspecified atom stereocenters. The third kappa shape index (κ3) is 4.69. The van der Waals surface area contributed by atoms with E-state index in [4.69, 9.17) is 0 Å². The van der Waals surface area contributed by atoms with E-state index in [0.29, 0.717) is 11.1 Å². The minimum atomic E-state index is -0.614. The molecular formula is C23H21FN4O3. The summed E-state index contributed by atoms with van der Waals surface area (Å²) in [6.07, 6.45) is 3.00. The number of nitrogens with one attached hydrogen (secondary N) is 2. The molecule has 3 aromatic rings. The van der Waals surface area contributed by atoms with Crippen LogP contribution in [0.4, 0.5) is 10.1 Å². The SMILES string of the molecule is Cc1ccc(NC(=O)Cn2c(-c3ccccc3)ncc(C(=O)NC3CC3)c2=O)cc1F. The predicted molar refractivity (Wildman–Crippen MR) is 114 cm³/mol. The molecule has 1 heterocycles. The summed E-state index contributed by atoms with van der Waals surface area (Å²) in [5, 5.41) is 5.36. The quantitative estimate of drug-likeness (QED) is 0.641. The van der Waals surface area contributed by atoms with Gasteiger partial charge in [0.25, 0.3) is 11.5 Å². The van der Waals surface area contributed by atoms with Crippen LogP contribution in [0.25, 0.3) is 11.4 Å². The highest BCUT2D eigenvalue weighted by molar-refractivity contribution is 5.94. The first-order valence-corrected chi connectivity index (χ1v) is 9.94. The molecule has 4 rings (SSSR count). The number of carbonyl (C=O) groups is 2. The van der Waals surface area contributed by atoms with Crippen LogP contribution < -0.4 is 16.2 Å². The summed E-state index contributed by atoms with van der Waals surface area (Å²) in [6, 6.07) is 13.3. The molecule has 0 bridgehead atoms. The fourth-order valence-electron chi connectivity index (χ4n) is 3.12. The number of aryl methyl sites for hydroxylation is 1. The van der Waals surface area contributed by atoms with E-state index >= 15 is 0 Å². The standard InChI is InChI=1S/C23H21FN4O3/c1-14-7-8-17(11-19(14)24)26-20(29)13-28-21(15-5-3-2-4-6-15)25-12-18(23(28)31)22(30)27-16-9-10-16/h2-8,11-12,16H,9-10,13H2,1H3,(H,26,29)(H,27,30). The lowest BCUT2D eigenvalue weighted by Gasteiger charge is -2.14. The Hall–Kier alpha value is -3.81. The number of hydrogen-bond donors (Lipinski definition) is 2. The van der Waals surface area contributed by atoms with Crippen molar-refractivity contribution >= 4 is 17.5 Å². The first-order valence-electron chi connectivity index (χ1n) is 9.94. The molecule has 1 fully saturated rings. The molecule has 2 N–H and O–H groups in total. The Bertz CT molecular complexity index is 1200. The highest BCUT2D eigenvalue weighted by Gasteiger charge is 2.26. The number of amides is 2. The average Bonchev–Trinajstić information content (AvgIpc) is 3.56. The van der Waals surface area contributed by atoms with Crippen LogP contribution in [0.2, 0.25) is 0 Å². The molecule has 0 saturated heterocycles. The molecule has 158 valence electrons. The van der Waals surface area contributed by atoms with E-state index in [1.54, 1.807) is 43.3 Å². The molecule has 31 heavy (non-hydrogen) atoms. The van der Waals surface area contributed by atoms with Crippen LogP contribution in [0, 0.1) is 12.7 Å². The molecule has 1 aromatic heterocycles. The number of nitrogens with zero attached hydrogens (tertiary/aromatic N) is 2. The van der Waals surface area contributed by atoms with Gasteiger partial charge in [-0.15, -0.1) is 0 Å². The Morgan fingerprint density at radius 2 is 1.90 bits per heavy atom. The van der Waals surface area contributed by atoms with Gasteiger partial charge in [-0.2, -0.15) is 0 Å². The Morgan fingerprint density at radius 3 is 2.58 bits per heavy atom. The molecule has 0 aliphatic heterocycles. The maximum absolute atomic E-state index is 13.8. The van der Waals surface area contributed by atoms with Crippen LogP contribution >= 0.6 is 0 Å². The van der Waals surface area contributed by atoms with Crippen LogP contribution in [0.5, 0.6) is 0 Å². The second-order valence-electron chi connectivity index (χ2n) is 7.51. The third-order valence-corrected chi connectivity index (χ3v) is 4.99. The molecule has 8 heteroatoms. The molecule has 7 nitrogen and oxygen atoms in total. The van der Waals surface area contributed by atoms with Gasteiger partial charge in [-0.3, -0.25) is 19.0 Å². The van der Waals surface area contributed by atoms with E-state index in [1.165, 1.54) is 12.3 Å². The molecule has 0 radical (unpaired) electrons. The normalized spacial score (nSPS) is 13.0. The van der Waals surface area contributed by atoms with Gasteiger partial charge >= 0.3 is 0 Å². The van der Waals surface area contributed by atoms with Gasteiger partial charge in [-0.05, 0) is 37.5 Å². The monoisotopic (exact) mass is 420 g/mol. The minimum Gasteiger partial charge on any atom is -0.349 e. The van der Waals surface area contributed by atoms with E-state index in [1.807, 2.05) is 6.07 Å². The Balaban J connectivity index is 1.67. The number of hydrogen-bond acceptors (Lipinski definition) is 4. The molecular weight excluding hydrogens is 399 g/mol. The van der Waals surface area contributed by atoms with Crippen molar-refractivity contribution < 1.29 is 14.0 Å². The van der Waals surface area contributed by atoms with Gasteiger partial charge in [0.15, 0.2) is 0 Å². The fraction of sp³-hybridized carbons (Fsp3) is 0.217. The largest absolute Gasteiger partial charge is 0.349 e. The highest BCUT2D eigenvalue weighted by Crippen LogP contribution is 2.20. The minimum absolute atomic E-state index is 0.0777.